The molecule has 0 spiro atoms. The van der Waals surface area contributed by atoms with Gasteiger partial charge in [0, 0.05) is 18.8 Å². The summed E-state index contributed by atoms with van der Waals surface area (Å²) in [5.74, 6) is 0.515. The van der Waals surface area contributed by atoms with Gasteiger partial charge in [-0.25, -0.2) is 0 Å². The van der Waals surface area contributed by atoms with Crippen molar-refractivity contribution in [3.8, 4) is 0 Å². The molecule has 1 aliphatic rings. The lowest BCUT2D eigenvalue weighted by Gasteiger charge is -2.16. The van der Waals surface area contributed by atoms with Crippen LogP contribution in [-0.4, -0.2) is 19.0 Å². The lowest BCUT2D eigenvalue weighted by Crippen LogP contribution is -2.28. The standard InChI is InChI=1S/C13H19N3/c1-2-3-4-11-5-7-12(8-6-11)16-10-9-15-13(16)14/h5-8H,2-4,9-10H2,1H3,(H2,14,15). The fourth-order valence-electron chi connectivity index (χ4n) is 1.97. The second-order valence-corrected chi connectivity index (χ2v) is 4.20. The van der Waals surface area contributed by atoms with Crippen LogP contribution in [0, 0.1) is 5.41 Å². The molecule has 1 aromatic rings. The van der Waals surface area contributed by atoms with Crippen molar-refractivity contribution in [1.29, 1.82) is 5.41 Å². The monoisotopic (exact) mass is 217 g/mol. The quantitative estimate of drug-likeness (QED) is 0.812. The molecule has 0 atom stereocenters. The van der Waals surface area contributed by atoms with E-state index in [0.717, 1.165) is 25.2 Å². The van der Waals surface area contributed by atoms with Crippen molar-refractivity contribution in [1.82, 2.24) is 5.32 Å². The molecule has 1 aliphatic heterocycles. The largest absolute Gasteiger partial charge is 0.354 e. The Morgan fingerprint density at radius 2 is 2.06 bits per heavy atom. The highest BCUT2D eigenvalue weighted by Gasteiger charge is 2.17. The minimum absolute atomic E-state index is 0.515. The number of hydrogen-bond donors (Lipinski definition) is 2. The van der Waals surface area contributed by atoms with E-state index in [4.69, 9.17) is 5.41 Å². The van der Waals surface area contributed by atoms with E-state index in [2.05, 4.69) is 36.5 Å². The van der Waals surface area contributed by atoms with E-state index in [9.17, 15) is 0 Å². The van der Waals surface area contributed by atoms with Crippen molar-refractivity contribution in [2.24, 2.45) is 0 Å². The first-order valence-corrected chi connectivity index (χ1v) is 6.00. The number of nitrogens with one attached hydrogen (secondary N) is 2. The first kappa shape index (κ1) is 11.0. The Morgan fingerprint density at radius 3 is 2.62 bits per heavy atom. The molecule has 2 N–H and O–H groups in total. The van der Waals surface area contributed by atoms with Crippen LogP contribution in [0.5, 0.6) is 0 Å². The van der Waals surface area contributed by atoms with Gasteiger partial charge < -0.3 is 10.2 Å². The normalized spacial score (nSPS) is 15.3. The zero-order valence-corrected chi connectivity index (χ0v) is 9.79. The molecule has 1 saturated heterocycles. The molecule has 0 unspecified atom stereocenters. The highest BCUT2D eigenvalue weighted by molar-refractivity contribution is 5.95. The minimum atomic E-state index is 0.515. The van der Waals surface area contributed by atoms with Crippen LogP contribution in [0.2, 0.25) is 0 Å². The number of hydrogen-bond acceptors (Lipinski definition) is 1. The second-order valence-electron chi connectivity index (χ2n) is 4.20. The fourth-order valence-corrected chi connectivity index (χ4v) is 1.97. The molecule has 3 heteroatoms. The zero-order chi connectivity index (χ0) is 11.4. The third kappa shape index (κ3) is 2.35. The van der Waals surface area contributed by atoms with Gasteiger partial charge in [-0.05, 0) is 30.5 Å². The smallest absolute Gasteiger partial charge is 0.195 e. The highest BCUT2D eigenvalue weighted by atomic mass is 15.3. The summed E-state index contributed by atoms with van der Waals surface area (Å²) < 4.78 is 0. The van der Waals surface area contributed by atoms with Crippen molar-refractivity contribution in [2.75, 3.05) is 18.0 Å². The Balaban J connectivity index is 2.04. The van der Waals surface area contributed by atoms with E-state index in [1.165, 1.54) is 18.4 Å². The topological polar surface area (TPSA) is 39.1 Å². The maximum absolute atomic E-state index is 7.72. The predicted octanol–water partition coefficient (Wildman–Crippen LogP) is 2.37. The maximum Gasteiger partial charge on any atom is 0.195 e. The Kier molecular flexibility index (Phi) is 3.44. The van der Waals surface area contributed by atoms with E-state index < -0.39 is 0 Å². The predicted molar refractivity (Wildman–Crippen MR) is 68.1 cm³/mol. The van der Waals surface area contributed by atoms with Crippen LogP contribution in [0.4, 0.5) is 5.69 Å². The first-order valence-electron chi connectivity index (χ1n) is 6.00. The summed E-state index contributed by atoms with van der Waals surface area (Å²) in [6.07, 6.45) is 3.65. The highest BCUT2D eigenvalue weighted by Crippen LogP contribution is 2.17. The van der Waals surface area contributed by atoms with Gasteiger partial charge in [0.15, 0.2) is 5.96 Å². The van der Waals surface area contributed by atoms with Gasteiger partial charge in [-0.3, -0.25) is 5.41 Å². The van der Waals surface area contributed by atoms with Crippen LogP contribution in [-0.2, 0) is 6.42 Å². The average Bonchev–Trinajstić information content (AvgIpc) is 2.74. The van der Waals surface area contributed by atoms with Crippen molar-refractivity contribution in [2.45, 2.75) is 26.2 Å². The van der Waals surface area contributed by atoms with Crippen LogP contribution >= 0.6 is 0 Å². The first-order chi connectivity index (χ1) is 7.81. The molecule has 0 bridgehead atoms. The molecule has 16 heavy (non-hydrogen) atoms. The van der Waals surface area contributed by atoms with E-state index in [-0.39, 0.29) is 0 Å². The number of nitrogens with zero attached hydrogens (tertiary/aromatic N) is 1. The van der Waals surface area contributed by atoms with Crippen LogP contribution in [0.1, 0.15) is 25.3 Å². The van der Waals surface area contributed by atoms with Crippen LogP contribution in [0.25, 0.3) is 0 Å². The third-order valence-electron chi connectivity index (χ3n) is 2.96. The molecule has 0 radical (unpaired) electrons. The summed E-state index contributed by atoms with van der Waals surface area (Å²) in [6, 6.07) is 8.59. The summed E-state index contributed by atoms with van der Waals surface area (Å²) in [5, 5.41) is 10.7. The zero-order valence-electron chi connectivity index (χ0n) is 9.79. The molecule has 1 aromatic carbocycles. The SMILES string of the molecule is CCCCc1ccc(N2CCNC2=N)cc1. The molecule has 3 nitrogen and oxygen atoms in total. The van der Waals surface area contributed by atoms with Gasteiger partial charge in [-0.2, -0.15) is 0 Å². The van der Waals surface area contributed by atoms with Gasteiger partial charge in [0.05, 0.1) is 0 Å². The molecule has 0 aliphatic carbocycles. The fraction of sp³-hybridized carbons (Fsp3) is 0.462. The van der Waals surface area contributed by atoms with E-state index in [1.54, 1.807) is 0 Å². The summed E-state index contributed by atoms with van der Waals surface area (Å²) in [6.45, 7) is 3.98. The Hall–Kier alpha value is -1.51. The summed E-state index contributed by atoms with van der Waals surface area (Å²) in [4.78, 5) is 2.00. The van der Waals surface area contributed by atoms with Crippen LogP contribution in [0.3, 0.4) is 0 Å². The molecular weight excluding hydrogens is 198 g/mol. The minimum Gasteiger partial charge on any atom is -0.354 e. The average molecular weight is 217 g/mol. The van der Waals surface area contributed by atoms with Gasteiger partial charge in [0.1, 0.15) is 0 Å². The van der Waals surface area contributed by atoms with Gasteiger partial charge in [-0.15, -0.1) is 0 Å². The van der Waals surface area contributed by atoms with E-state index >= 15 is 0 Å². The van der Waals surface area contributed by atoms with Crippen LogP contribution < -0.4 is 10.2 Å². The van der Waals surface area contributed by atoms with Gasteiger partial charge in [0.2, 0.25) is 0 Å². The van der Waals surface area contributed by atoms with Crippen LogP contribution in [0.15, 0.2) is 24.3 Å². The summed E-state index contributed by atoms with van der Waals surface area (Å²) in [7, 11) is 0. The summed E-state index contributed by atoms with van der Waals surface area (Å²) in [5.41, 5.74) is 2.51. The number of aryl methyl sites for hydroxylation is 1. The van der Waals surface area contributed by atoms with Gasteiger partial charge >= 0.3 is 0 Å². The van der Waals surface area contributed by atoms with Gasteiger partial charge in [-0.1, -0.05) is 25.5 Å². The van der Waals surface area contributed by atoms with Crippen molar-refractivity contribution < 1.29 is 0 Å². The number of unbranched alkanes of at least 4 members (excludes halogenated alkanes) is 1. The Labute approximate surface area is 97.0 Å². The molecule has 0 amide bonds. The molecule has 0 aromatic heterocycles. The third-order valence-corrected chi connectivity index (χ3v) is 2.96. The molecule has 1 fully saturated rings. The van der Waals surface area contributed by atoms with E-state index in [1.807, 2.05) is 4.90 Å². The number of rotatable bonds is 4. The number of guanidine groups is 1. The molecule has 86 valence electrons. The second kappa shape index (κ2) is 5.01. The molecule has 2 rings (SSSR count). The van der Waals surface area contributed by atoms with Crippen molar-refractivity contribution >= 4 is 11.6 Å². The number of anilines is 1. The molecular formula is C13H19N3. The maximum atomic E-state index is 7.72. The molecule has 0 saturated carbocycles. The summed E-state index contributed by atoms with van der Waals surface area (Å²) >= 11 is 0. The van der Waals surface area contributed by atoms with Crippen molar-refractivity contribution in [3.63, 3.8) is 0 Å². The van der Waals surface area contributed by atoms with Crippen molar-refractivity contribution in [3.05, 3.63) is 29.8 Å². The number of benzene rings is 1. The lowest BCUT2D eigenvalue weighted by atomic mass is 10.1. The lowest BCUT2D eigenvalue weighted by molar-refractivity contribution is 0.795. The van der Waals surface area contributed by atoms with Gasteiger partial charge in [0.25, 0.3) is 0 Å². The molecule has 1 heterocycles. The Bertz CT molecular complexity index is 356. The Morgan fingerprint density at radius 1 is 1.31 bits per heavy atom. The van der Waals surface area contributed by atoms with E-state index in [0.29, 0.717) is 5.96 Å².